The summed E-state index contributed by atoms with van der Waals surface area (Å²) in [5.41, 5.74) is 1.30. The van der Waals surface area contributed by atoms with Gasteiger partial charge >= 0.3 is 0 Å². The number of piperazine rings is 1. The zero-order valence-corrected chi connectivity index (χ0v) is 20.0. The lowest BCUT2D eigenvalue weighted by molar-refractivity contribution is -0.123. The van der Waals surface area contributed by atoms with E-state index < -0.39 is 0 Å². The molecule has 1 aromatic heterocycles. The van der Waals surface area contributed by atoms with Gasteiger partial charge in [0.1, 0.15) is 0 Å². The number of amides is 1. The van der Waals surface area contributed by atoms with Crippen LogP contribution >= 0.6 is 0 Å². The van der Waals surface area contributed by atoms with Crippen LogP contribution in [0.4, 0.5) is 5.82 Å². The Balaban J connectivity index is 0.980. The molecule has 7 heteroatoms. The van der Waals surface area contributed by atoms with Crippen LogP contribution in [0.25, 0.3) is 0 Å². The Morgan fingerprint density at radius 3 is 2.58 bits per heavy atom. The van der Waals surface area contributed by atoms with Crippen molar-refractivity contribution in [2.24, 2.45) is 11.8 Å². The lowest BCUT2D eigenvalue weighted by Crippen LogP contribution is -2.47. The number of hydrogen-bond donors (Lipinski definition) is 1. The molecule has 7 nitrogen and oxygen atoms in total. The molecule has 4 heterocycles. The first-order valence-corrected chi connectivity index (χ1v) is 13.2. The van der Waals surface area contributed by atoms with Crippen molar-refractivity contribution >= 4 is 11.7 Å². The normalized spacial score (nSPS) is 26.6. The first-order valence-electron chi connectivity index (χ1n) is 13.2. The van der Waals surface area contributed by atoms with Crippen molar-refractivity contribution in [1.29, 1.82) is 0 Å². The van der Waals surface area contributed by atoms with Crippen molar-refractivity contribution in [2.45, 2.75) is 63.8 Å². The van der Waals surface area contributed by atoms with E-state index in [0.29, 0.717) is 18.4 Å². The predicted molar refractivity (Wildman–Crippen MR) is 129 cm³/mol. The lowest BCUT2D eigenvalue weighted by atomic mass is 9.83. The highest BCUT2D eigenvalue weighted by atomic mass is 16.5. The molecular weight excluding hydrogens is 416 g/mol. The van der Waals surface area contributed by atoms with Crippen LogP contribution in [0.1, 0.15) is 56.9 Å². The summed E-state index contributed by atoms with van der Waals surface area (Å²) in [6, 6.07) is 2.48. The maximum Gasteiger partial charge on any atom is 0.220 e. The molecule has 4 aliphatic rings. The first kappa shape index (κ1) is 22.9. The Bertz CT molecular complexity index is 782. The zero-order valence-electron chi connectivity index (χ0n) is 20.0. The number of ether oxygens (including phenoxy) is 2. The Hall–Kier alpha value is -1.86. The van der Waals surface area contributed by atoms with E-state index in [1.165, 1.54) is 31.4 Å². The molecule has 5 rings (SSSR count). The third-order valence-corrected chi connectivity index (χ3v) is 8.14. The van der Waals surface area contributed by atoms with Crippen LogP contribution in [0.3, 0.4) is 0 Å². The van der Waals surface area contributed by atoms with Gasteiger partial charge in [0.15, 0.2) is 11.6 Å². The molecule has 33 heavy (non-hydrogen) atoms. The maximum absolute atomic E-state index is 12.4. The summed E-state index contributed by atoms with van der Waals surface area (Å²) in [7, 11) is 0. The van der Waals surface area contributed by atoms with E-state index in [4.69, 9.17) is 9.47 Å². The number of anilines is 1. The minimum absolute atomic E-state index is 0.257. The fourth-order valence-electron chi connectivity index (χ4n) is 5.96. The van der Waals surface area contributed by atoms with Gasteiger partial charge in [-0.3, -0.25) is 9.69 Å². The van der Waals surface area contributed by atoms with Crippen molar-refractivity contribution in [3.63, 3.8) is 0 Å². The summed E-state index contributed by atoms with van der Waals surface area (Å²) in [6.07, 6.45) is 11.8. The molecule has 0 spiro atoms. The van der Waals surface area contributed by atoms with Crippen molar-refractivity contribution in [1.82, 2.24) is 15.2 Å². The molecule has 1 saturated carbocycles. The summed E-state index contributed by atoms with van der Waals surface area (Å²) in [4.78, 5) is 22.0. The monoisotopic (exact) mass is 456 g/mol. The summed E-state index contributed by atoms with van der Waals surface area (Å²) >= 11 is 0. The standard InChI is InChI=1S/C26H40N4O3/c31-24(19-21-7-16-32-17-8-21)28-23-3-1-20(2-4-23)6-11-29-12-14-30(15-13-29)26-25-22(5-10-27-26)9-18-33-25/h5,10,20-21,23H,1-4,6-9,11-19H2,(H,28,31). The second kappa shape index (κ2) is 11.0. The summed E-state index contributed by atoms with van der Waals surface area (Å²) in [6.45, 7) is 7.87. The van der Waals surface area contributed by atoms with Gasteiger partial charge in [-0.2, -0.15) is 0 Å². The second-order valence-electron chi connectivity index (χ2n) is 10.4. The van der Waals surface area contributed by atoms with E-state index in [0.717, 1.165) is 95.6 Å². The van der Waals surface area contributed by atoms with E-state index in [-0.39, 0.29) is 5.91 Å². The molecule has 1 aliphatic carbocycles. The Kier molecular flexibility index (Phi) is 7.67. The van der Waals surface area contributed by atoms with E-state index in [9.17, 15) is 4.79 Å². The smallest absolute Gasteiger partial charge is 0.220 e. The van der Waals surface area contributed by atoms with Gasteiger partial charge in [-0.15, -0.1) is 0 Å². The van der Waals surface area contributed by atoms with Crippen molar-refractivity contribution in [3.05, 3.63) is 17.8 Å². The van der Waals surface area contributed by atoms with Gasteiger partial charge in [-0.25, -0.2) is 4.98 Å². The van der Waals surface area contributed by atoms with Crippen LogP contribution in [0, 0.1) is 11.8 Å². The lowest BCUT2D eigenvalue weighted by Gasteiger charge is -2.37. The average Bonchev–Trinajstić information content (AvgIpc) is 3.34. The molecule has 0 aromatic carbocycles. The second-order valence-corrected chi connectivity index (χ2v) is 10.4. The molecule has 3 aliphatic heterocycles. The average molecular weight is 457 g/mol. The van der Waals surface area contributed by atoms with Crippen LogP contribution in [-0.2, 0) is 16.0 Å². The van der Waals surface area contributed by atoms with Gasteiger partial charge in [0.05, 0.1) is 6.61 Å². The number of carbonyl (C=O) groups excluding carboxylic acids is 1. The first-order chi connectivity index (χ1) is 16.2. The van der Waals surface area contributed by atoms with Gasteiger partial charge in [-0.05, 0) is 69.4 Å². The molecule has 0 radical (unpaired) electrons. The highest BCUT2D eigenvalue weighted by molar-refractivity contribution is 5.76. The van der Waals surface area contributed by atoms with E-state index >= 15 is 0 Å². The quantitative estimate of drug-likeness (QED) is 0.680. The van der Waals surface area contributed by atoms with E-state index in [1.807, 2.05) is 6.20 Å². The summed E-state index contributed by atoms with van der Waals surface area (Å²) in [5, 5.41) is 3.32. The molecule has 0 unspecified atom stereocenters. The third kappa shape index (κ3) is 5.99. The minimum Gasteiger partial charge on any atom is -0.489 e. The van der Waals surface area contributed by atoms with Crippen LogP contribution in [0.15, 0.2) is 12.3 Å². The van der Waals surface area contributed by atoms with Gasteiger partial charge in [0.25, 0.3) is 0 Å². The highest BCUT2D eigenvalue weighted by Crippen LogP contribution is 2.34. The van der Waals surface area contributed by atoms with Crippen LogP contribution in [-0.4, -0.2) is 74.4 Å². The number of carbonyl (C=O) groups is 1. The van der Waals surface area contributed by atoms with Crippen LogP contribution in [0.2, 0.25) is 0 Å². The number of pyridine rings is 1. The molecule has 182 valence electrons. The van der Waals surface area contributed by atoms with Crippen molar-refractivity contribution < 1.29 is 14.3 Å². The number of fused-ring (bicyclic) bond motifs is 1. The van der Waals surface area contributed by atoms with Gasteiger partial charge < -0.3 is 19.7 Å². The molecular formula is C26H40N4O3. The van der Waals surface area contributed by atoms with Crippen molar-refractivity contribution in [3.8, 4) is 5.75 Å². The molecule has 0 atom stereocenters. The molecule has 3 fully saturated rings. The Morgan fingerprint density at radius 2 is 1.79 bits per heavy atom. The minimum atomic E-state index is 0.257. The number of aromatic nitrogens is 1. The highest BCUT2D eigenvalue weighted by Gasteiger charge is 2.27. The largest absolute Gasteiger partial charge is 0.489 e. The molecule has 1 aromatic rings. The Morgan fingerprint density at radius 1 is 1.00 bits per heavy atom. The number of nitrogens with zero attached hydrogens (tertiary/aromatic N) is 3. The van der Waals surface area contributed by atoms with E-state index in [1.54, 1.807) is 0 Å². The SMILES string of the molecule is O=C(CC1CCOCC1)NC1CCC(CCN2CCN(c3nccc4c3OCC4)CC2)CC1. The molecule has 1 N–H and O–H groups in total. The molecule has 1 amide bonds. The Labute approximate surface area is 198 Å². The van der Waals surface area contributed by atoms with Crippen molar-refractivity contribution in [2.75, 3.05) is 57.4 Å². The van der Waals surface area contributed by atoms with Crippen LogP contribution < -0.4 is 15.0 Å². The number of hydrogen-bond acceptors (Lipinski definition) is 6. The molecule has 0 bridgehead atoms. The van der Waals surface area contributed by atoms with Gasteiger partial charge in [0.2, 0.25) is 5.91 Å². The summed E-state index contributed by atoms with van der Waals surface area (Å²) in [5.74, 6) is 3.64. The zero-order chi connectivity index (χ0) is 22.5. The van der Waals surface area contributed by atoms with Gasteiger partial charge in [-0.1, -0.05) is 0 Å². The maximum atomic E-state index is 12.4. The number of rotatable bonds is 7. The summed E-state index contributed by atoms with van der Waals surface area (Å²) < 4.78 is 11.3. The predicted octanol–water partition coefficient (Wildman–Crippen LogP) is 3.02. The third-order valence-electron chi connectivity index (χ3n) is 8.14. The number of nitrogens with one attached hydrogen (secondary N) is 1. The fraction of sp³-hybridized carbons (Fsp3) is 0.769. The van der Waals surface area contributed by atoms with Crippen LogP contribution in [0.5, 0.6) is 5.75 Å². The van der Waals surface area contributed by atoms with Gasteiger partial charge in [0, 0.05) is 70.0 Å². The topological polar surface area (TPSA) is 66.9 Å². The molecule has 2 saturated heterocycles. The van der Waals surface area contributed by atoms with E-state index in [2.05, 4.69) is 26.2 Å². The fourth-order valence-corrected chi connectivity index (χ4v) is 5.96.